The maximum absolute atomic E-state index is 11.7. The van der Waals surface area contributed by atoms with Crippen LogP contribution in [0.2, 0.25) is 0 Å². The van der Waals surface area contributed by atoms with Crippen molar-refractivity contribution in [2.45, 2.75) is 39.0 Å². The lowest BCUT2D eigenvalue weighted by atomic mass is 10.1. The zero-order chi connectivity index (χ0) is 10.4. The van der Waals surface area contributed by atoms with Crippen molar-refractivity contribution in [2.24, 2.45) is 5.92 Å². The first-order chi connectivity index (χ1) is 6.74. The number of carbonyl (C=O) groups is 1. The second-order valence-electron chi connectivity index (χ2n) is 4.29. The molecule has 1 heterocycles. The van der Waals surface area contributed by atoms with Gasteiger partial charge < -0.3 is 4.90 Å². The highest BCUT2D eigenvalue weighted by molar-refractivity contribution is 7.80. The molecule has 0 aromatic rings. The van der Waals surface area contributed by atoms with E-state index < -0.39 is 0 Å². The Labute approximate surface area is 92.5 Å². The van der Waals surface area contributed by atoms with E-state index in [-0.39, 0.29) is 0 Å². The molecule has 2 nitrogen and oxygen atoms in total. The van der Waals surface area contributed by atoms with Crippen molar-refractivity contribution < 1.29 is 4.79 Å². The molecule has 0 N–H and O–H groups in total. The molecule has 1 unspecified atom stereocenters. The van der Waals surface area contributed by atoms with Crippen molar-refractivity contribution in [3.05, 3.63) is 0 Å². The molecule has 0 spiro atoms. The number of thiol groups is 1. The normalized spacial score (nSPS) is 21.6. The minimum Gasteiger partial charge on any atom is -0.342 e. The molecular formula is C11H21NOS. The quantitative estimate of drug-likeness (QED) is 0.717. The van der Waals surface area contributed by atoms with Crippen LogP contribution in [0.25, 0.3) is 0 Å². The number of nitrogens with zero attached hydrogens (tertiary/aromatic N) is 1. The average Bonchev–Trinajstić information content (AvgIpc) is 2.17. The Morgan fingerprint density at radius 3 is 2.79 bits per heavy atom. The molecule has 1 atom stereocenters. The fraction of sp³-hybridized carbons (Fsp3) is 0.909. The first-order valence-corrected chi connectivity index (χ1v) is 6.26. The van der Waals surface area contributed by atoms with Gasteiger partial charge in [0.2, 0.25) is 5.91 Å². The third-order valence-electron chi connectivity index (χ3n) is 2.77. The molecule has 3 heteroatoms. The van der Waals surface area contributed by atoms with E-state index in [0.29, 0.717) is 11.8 Å². The van der Waals surface area contributed by atoms with Crippen LogP contribution < -0.4 is 0 Å². The zero-order valence-electron chi connectivity index (χ0n) is 9.04. The summed E-state index contributed by atoms with van der Waals surface area (Å²) in [5, 5.41) is 0. The van der Waals surface area contributed by atoms with Gasteiger partial charge >= 0.3 is 0 Å². The Kier molecular flexibility index (Phi) is 5.38. The van der Waals surface area contributed by atoms with Crippen LogP contribution in [0.5, 0.6) is 0 Å². The minimum atomic E-state index is 0.346. The highest BCUT2D eigenvalue weighted by atomic mass is 32.1. The summed E-state index contributed by atoms with van der Waals surface area (Å²) in [6.07, 6.45) is 5.50. The molecule has 0 saturated carbocycles. The second-order valence-corrected chi connectivity index (χ2v) is 4.66. The number of carbonyl (C=O) groups excluding carboxylic acids is 1. The first-order valence-electron chi connectivity index (χ1n) is 5.62. The van der Waals surface area contributed by atoms with Gasteiger partial charge in [-0.1, -0.05) is 19.8 Å². The number of hydrogen-bond acceptors (Lipinski definition) is 2. The molecule has 1 rings (SSSR count). The monoisotopic (exact) mass is 215 g/mol. The lowest BCUT2D eigenvalue weighted by molar-refractivity contribution is -0.132. The largest absolute Gasteiger partial charge is 0.342 e. The van der Waals surface area contributed by atoms with E-state index in [9.17, 15) is 4.79 Å². The van der Waals surface area contributed by atoms with Crippen molar-refractivity contribution in [1.29, 1.82) is 0 Å². The van der Waals surface area contributed by atoms with E-state index in [1.807, 2.05) is 4.90 Å². The third kappa shape index (κ3) is 3.91. The topological polar surface area (TPSA) is 20.3 Å². The predicted octanol–water partition coefficient (Wildman–Crippen LogP) is 2.35. The van der Waals surface area contributed by atoms with Crippen LogP contribution in [0.1, 0.15) is 39.0 Å². The molecule has 1 fully saturated rings. The van der Waals surface area contributed by atoms with Gasteiger partial charge in [0.05, 0.1) is 0 Å². The SMILES string of the molecule is CC(CS)CN1CCCCCCC1=O. The maximum atomic E-state index is 11.7. The van der Waals surface area contributed by atoms with Crippen molar-refractivity contribution in [1.82, 2.24) is 4.90 Å². The lowest BCUT2D eigenvalue weighted by Crippen LogP contribution is -2.36. The molecule has 0 aromatic heterocycles. The van der Waals surface area contributed by atoms with Crippen LogP contribution in [-0.4, -0.2) is 29.6 Å². The fourth-order valence-corrected chi connectivity index (χ4v) is 1.96. The highest BCUT2D eigenvalue weighted by Gasteiger charge is 2.16. The molecule has 0 aromatic carbocycles. The van der Waals surface area contributed by atoms with Crippen LogP contribution in [-0.2, 0) is 4.79 Å². The first kappa shape index (κ1) is 11.9. The molecule has 0 aliphatic carbocycles. The van der Waals surface area contributed by atoms with Crippen molar-refractivity contribution in [2.75, 3.05) is 18.8 Å². The summed E-state index contributed by atoms with van der Waals surface area (Å²) < 4.78 is 0. The van der Waals surface area contributed by atoms with Crippen molar-refractivity contribution in [3.63, 3.8) is 0 Å². The Bertz CT molecular complexity index is 184. The molecule has 82 valence electrons. The number of hydrogen-bond donors (Lipinski definition) is 1. The summed E-state index contributed by atoms with van der Waals surface area (Å²) in [5.74, 6) is 1.73. The standard InChI is InChI=1S/C11H21NOS/c1-10(9-14)8-12-7-5-3-2-4-6-11(12)13/h10,14H,2-9H2,1H3. The summed E-state index contributed by atoms with van der Waals surface area (Å²) in [4.78, 5) is 13.7. The molecule has 1 aliphatic heterocycles. The molecule has 1 amide bonds. The molecule has 1 aliphatic rings. The van der Waals surface area contributed by atoms with Crippen molar-refractivity contribution >= 4 is 18.5 Å². The van der Waals surface area contributed by atoms with E-state index in [2.05, 4.69) is 19.6 Å². The summed E-state index contributed by atoms with van der Waals surface area (Å²) in [6.45, 7) is 4.00. The van der Waals surface area contributed by atoms with E-state index in [0.717, 1.165) is 31.7 Å². The number of amides is 1. The molecular weight excluding hydrogens is 194 g/mol. The van der Waals surface area contributed by atoms with Gasteiger partial charge in [0.25, 0.3) is 0 Å². The highest BCUT2D eigenvalue weighted by Crippen LogP contribution is 2.13. The average molecular weight is 215 g/mol. The van der Waals surface area contributed by atoms with Crippen LogP contribution in [0, 0.1) is 5.92 Å². The van der Waals surface area contributed by atoms with Gasteiger partial charge in [-0.05, 0) is 24.5 Å². The van der Waals surface area contributed by atoms with Gasteiger partial charge in [0, 0.05) is 19.5 Å². The molecule has 0 radical (unpaired) electrons. The predicted molar refractivity (Wildman–Crippen MR) is 62.7 cm³/mol. The van der Waals surface area contributed by atoms with Crippen LogP contribution in [0.15, 0.2) is 0 Å². The van der Waals surface area contributed by atoms with Crippen LogP contribution in [0.3, 0.4) is 0 Å². The molecule has 14 heavy (non-hydrogen) atoms. The molecule has 0 bridgehead atoms. The Morgan fingerprint density at radius 2 is 2.07 bits per heavy atom. The second kappa shape index (κ2) is 6.33. The van der Waals surface area contributed by atoms with E-state index >= 15 is 0 Å². The van der Waals surface area contributed by atoms with Gasteiger partial charge in [0.15, 0.2) is 0 Å². The maximum Gasteiger partial charge on any atom is 0.222 e. The van der Waals surface area contributed by atoms with E-state index in [1.54, 1.807) is 0 Å². The van der Waals surface area contributed by atoms with Crippen molar-refractivity contribution in [3.8, 4) is 0 Å². The van der Waals surface area contributed by atoms with Gasteiger partial charge in [-0.15, -0.1) is 0 Å². The molecule has 1 saturated heterocycles. The number of rotatable bonds is 3. The van der Waals surface area contributed by atoms with Crippen LogP contribution in [0.4, 0.5) is 0 Å². The third-order valence-corrected chi connectivity index (χ3v) is 3.39. The van der Waals surface area contributed by atoms with Gasteiger partial charge in [-0.2, -0.15) is 12.6 Å². The zero-order valence-corrected chi connectivity index (χ0v) is 9.93. The Balaban J connectivity index is 2.41. The minimum absolute atomic E-state index is 0.346. The van der Waals surface area contributed by atoms with Gasteiger partial charge in [-0.25, -0.2) is 0 Å². The van der Waals surface area contributed by atoms with Gasteiger partial charge in [0.1, 0.15) is 0 Å². The van der Waals surface area contributed by atoms with E-state index in [4.69, 9.17) is 0 Å². The summed E-state index contributed by atoms with van der Waals surface area (Å²) >= 11 is 4.25. The van der Waals surface area contributed by atoms with Crippen LogP contribution >= 0.6 is 12.6 Å². The smallest absolute Gasteiger partial charge is 0.222 e. The number of likely N-dealkylation sites (tertiary alicyclic amines) is 1. The summed E-state index contributed by atoms with van der Waals surface area (Å²) in [6, 6.07) is 0. The lowest BCUT2D eigenvalue weighted by Gasteiger charge is -2.27. The summed E-state index contributed by atoms with van der Waals surface area (Å²) in [5.41, 5.74) is 0. The summed E-state index contributed by atoms with van der Waals surface area (Å²) in [7, 11) is 0. The fourth-order valence-electron chi connectivity index (χ4n) is 1.84. The Hall–Kier alpha value is -0.180. The van der Waals surface area contributed by atoms with E-state index in [1.165, 1.54) is 19.3 Å². The Morgan fingerprint density at radius 1 is 1.36 bits per heavy atom. The van der Waals surface area contributed by atoms with Gasteiger partial charge in [-0.3, -0.25) is 4.79 Å².